The van der Waals surface area contributed by atoms with Crippen molar-refractivity contribution in [2.75, 3.05) is 13.7 Å². The second-order valence-corrected chi connectivity index (χ2v) is 3.16. The van der Waals surface area contributed by atoms with Crippen LogP contribution in [0.15, 0.2) is 12.4 Å². The fourth-order valence-corrected chi connectivity index (χ4v) is 1.07. The maximum absolute atomic E-state index is 12.9. The molecule has 16 heavy (non-hydrogen) atoms. The van der Waals surface area contributed by atoms with Crippen LogP contribution in [0.4, 0.5) is 26.3 Å². The second-order valence-electron chi connectivity index (χ2n) is 3.16. The van der Waals surface area contributed by atoms with Crippen molar-refractivity contribution < 1.29 is 26.3 Å². The van der Waals surface area contributed by atoms with E-state index in [1.165, 1.54) is 11.9 Å². The van der Waals surface area contributed by atoms with Crippen LogP contribution in [-0.4, -0.2) is 41.9 Å². The van der Waals surface area contributed by atoms with Crippen LogP contribution < -0.4 is 0 Å². The molecule has 1 unspecified atom stereocenters. The lowest BCUT2D eigenvalue weighted by Crippen LogP contribution is -2.52. The van der Waals surface area contributed by atoms with E-state index in [0.717, 1.165) is 12.4 Å². The smallest absolute Gasteiger partial charge is 0.361 e. The zero-order valence-electron chi connectivity index (χ0n) is 8.01. The lowest BCUT2D eigenvalue weighted by molar-refractivity contribution is -0.281. The Labute approximate surface area is 93.9 Å². The SMILES string of the molecule is CN1C=CN(C(F)(F)C(F)C(F)(F)F)C1.Cl. The van der Waals surface area contributed by atoms with Gasteiger partial charge in [0, 0.05) is 19.4 Å². The first-order valence-electron chi connectivity index (χ1n) is 3.89. The maximum Gasteiger partial charge on any atom is 0.427 e. The third-order valence-electron chi connectivity index (χ3n) is 1.85. The number of hydrogen-bond acceptors (Lipinski definition) is 2. The fourth-order valence-electron chi connectivity index (χ4n) is 1.07. The van der Waals surface area contributed by atoms with Crippen LogP contribution in [0.5, 0.6) is 0 Å². The zero-order valence-corrected chi connectivity index (χ0v) is 8.83. The zero-order chi connectivity index (χ0) is 11.9. The largest absolute Gasteiger partial charge is 0.427 e. The molecule has 0 bridgehead atoms. The summed E-state index contributed by atoms with van der Waals surface area (Å²) in [7, 11) is 1.38. The minimum atomic E-state index is -5.57. The molecule has 0 radical (unpaired) electrons. The highest BCUT2D eigenvalue weighted by molar-refractivity contribution is 5.85. The topological polar surface area (TPSA) is 6.48 Å². The van der Waals surface area contributed by atoms with E-state index in [1.54, 1.807) is 0 Å². The average molecular weight is 271 g/mol. The van der Waals surface area contributed by atoms with Gasteiger partial charge in [0.25, 0.3) is 6.17 Å². The molecular formula is C7H9ClF6N2. The molecule has 1 atom stereocenters. The Hall–Kier alpha value is -0.790. The molecule has 2 nitrogen and oxygen atoms in total. The molecule has 0 amide bonds. The average Bonchev–Trinajstić information content (AvgIpc) is 2.49. The lowest BCUT2D eigenvalue weighted by atomic mass is 10.3. The molecule has 0 spiro atoms. The van der Waals surface area contributed by atoms with Gasteiger partial charge in [-0.1, -0.05) is 0 Å². The van der Waals surface area contributed by atoms with E-state index in [0.29, 0.717) is 0 Å². The van der Waals surface area contributed by atoms with E-state index >= 15 is 0 Å². The number of rotatable bonds is 2. The molecule has 0 saturated carbocycles. The van der Waals surface area contributed by atoms with Crippen LogP contribution in [0.3, 0.4) is 0 Å². The van der Waals surface area contributed by atoms with Crippen molar-refractivity contribution in [3.05, 3.63) is 12.4 Å². The van der Waals surface area contributed by atoms with Crippen LogP contribution in [0.2, 0.25) is 0 Å². The lowest BCUT2D eigenvalue weighted by Gasteiger charge is -2.31. The second kappa shape index (κ2) is 4.60. The van der Waals surface area contributed by atoms with Gasteiger partial charge in [0.15, 0.2) is 0 Å². The Morgan fingerprint density at radius 3 is 1.94 bits per heavy atom. The van der Waals surface area contributed by atoms with Gasteiger partial charge in [0.05, 0.1) is 6.67 Å². The molecule has 0 N–H and O–H groups in total. The predicted octanol–water partition coefficient (Wildman–Crippen LogP) is 2.58. The summed E-state index contributed by atoms with van der Waals surface area (Å²) in [4.78, 5) is 1.21. The number of alkyl halides is 6. The van der Waals surface area contributed by atoms with Gasteiger partial charge in [-0.15, -0.1) is 12.4 Å². The molecule has 1 aliphatic rings. The van der Waals surface area contributed by atoms with Crippen molar-refractivity contribution in [3.63, 3.8) is 0 Å². The molecule has 0 aromatic rings. The van der Waals surface area contributed by atoms with Gasteiger partial charge in [-0.05, 0) is 0 Å². The molecular weight excluding hydrogens is 262 g/mol. The van der Waals surface area contributed by atoms with E-state index in [2.05, 4.69) is 0 Å². The third kappa shape index (κ3) is 2.87. The van der Waals surface area contributed by atoms with Crippen LogP contribution in [0, 0.1) is 0 Å². The summed E-state index contributed by atoms with van der Waals surface area (Å²) >= 11 is 0. The van der Waals surface area contributed by atoms with Crippen LogP contribution in [0.1, 0.15) is 0 Å². The van der Waals surface area contributed by atoms with E-state index in [4.69, 9.17) is 0 Å². The number of nitrogens with zero attached hydrogens (tertiary/aromatic N) is 2. The van der Waals surface area contributed by atoms with Crippen molar-refractivity contribution in [3.8, 4) is 0 Å². The first-order valence-corrected chi connectivity index (χ1v) is 3.89. The molecule has 0 aliphatic carbocycles. The first kappa shape index (κ1) is 15.2. The molecule has 96 valence electrons. The minimum absolute atomic E-state index is 0. The van der Waals surface area contributed by atoms with Crippen LogP contribution >= 0.6 is 12.4 Å². The summed E-state index contributed by atoms with van der Waals surface area (Å²) in [5.74, 6) is 0. The minimum Gasteiger partial charge on any atom is -0.361 e. The van der Waals surface area contributed by atoms with Gasteiger partial charge < -0.3 is 4.90 Å². The molecule has 0 fully saturated rings. The first-order chi connectivity index (χ1) is 6.65. The summed E-state index contributed by atoms with van der Waals surface area (Å²) in [5, 5.41) is 0. The Balaban J connectivity index is 0.00000225. The predicted molar refractivity (Wildman–Crippen MR) is 46.8 cm³/mol. The summed E-state index contributed by atoms with van der Waals surface area (Å²) in [6, 6.07) is -4.58. The van der Waals surface area contributed by atoms with Crippen LogP contribution in [0.25, 0.3) is 0 Å². The molecule has 1 aliphatic heterocycles. The highest BCUT2D eigenvalue weighted by atomic mass is 35.5. The van der Waals surface area contributed by atoms with Crippen molar-refractivity contribution in [1.29, 1.82) is 0 Å². The summed E-state index contributed by atoms with van der Waals surface area (Å²) in [5.41, 5.74) is 0. The Morgan fingerprint density at radius 1 is 1.12 bits per heavy atom. The summed E-state index contributed by atoms with van der Waals surface area (Å²) < 4.78 is 73.7. The van der Waals surface area contributed by atoms with Gasteiger partial charge in [0.1, 0.15) is 0 Å². The molecule has 0 aromatic carbocycles. The van der Waals surface area contributed by atoms with Gasteiger partial charge in [-0.2, -0.15) is 22.0 Å². The summed E-state index contributed by atoms with van der Waals surface area (Å²) in [6.07, 6.45) is -7.91. The summed E-state index contributed by atoms with van der Waals surface area (Å²) in [6.45, 7) is -0.483. The van der Waals surface area contributed by atoms with Crippen molar-refractivity contribution in [1.82, 2.24) is 9.80 Å². The van der Waals surface area contributed by atoms with Gasteiger partial charge in [-0.25, -0.2) is 4.39 Å². The Bertz CT molecular complexity index is 266. The van der Waals surface area contributed by atoms with Gasteiger partial charge in [0.2, 0.25) is 0 Å². The van der Waals surface area contributed by atoms with Gasteiger partial charge >= 0.3 is 12.2 Å². The molecule has 0 aromatic heterocycles. The Morgan fingerprint density at radius 2 is 1.62 bits per heavy atom. The van der Waals surface area contributed by atoms with Crippen LogP contribution in [-0.2, 0) is 0 Å². The molecule has 1 rings (SSSR count). The van der Waals surface area contributed by atoms with E-state index in [-0.39, 0.29) is 17.3 Å². The molecule has 1 heterocycles. The number of hydrogen-bond donors (Lipinski definition) is 0. The monoisotopic (exact) mass is 270 g/mol. The molecule has 9 heteroatoms. The fraction of sp³-hybridized carbons (Fsp3) is 0.714. The van der Waals surface area contributed by atoms with Crippen molar-refractivity contribution in [2.45, 2.75) is 18.4 Å². The standard InChI is InChI=1S/C7H8F6N2.ClH/c1-14-2-3-15(4-14)7(12,13)5(8)6(9,10)11;/h2-3,5H,4H2,1H3;1H. The van der Waals surface area contributed by atoms with E-state index in [9.17, 15) is 26.3 Å². The Kier molecular flexibility index (Phi) is 4.38. The number of halogens is 7. The van der Waals surface area contributed by atoms with E-state index < -0.39 is 25.1 Å². The quantitative estimate of drug-likeness (QED) is 0.562. The molecule has 0 saturated heterocycles. The van der Waals surface area contributed by atoms with Crippen molar-refractivity contribution in [2.24, 2.45) is 0 Å². The maximum atomic E-state index is 12.9. The highest BCUT2D eigenvalue weighted by Crippen LogP contribution is 2.38. The highest BCUT2D eigenvalue weighted by Gasteiger charge is 2.60. The van der Waals surface area contributed by atoms with Crippen molar-refractivity contribution >= 4 is 12.4 Å². The normalized spacial score (nSPS) is 18.7. The third-order valence-corrected chi connectivity index (χ3v) is 1.85. The van der Waals surface area contributed by atoms with Gasteiger partial charge in [-0.3, -0.25) is 4.90 Å². The van der Waals surface area contributed by atoms with E-state index in [1.807, 2.05) is 0 Å².